The number of nitrogens with one attached hydrogen (secondary N) is 1. The summed E-state index contributed by atoms with van der Waals surface area (Å²) in [6, 6.07) is 7.52. The van der Waals surface area contributed by atoms with E-state index < -0.39 is 0 Å². The smallest absolute Gasteiger partial charge is 0.259 e. The molecule has 2 aromatic rings. The Bertz CT molecular complexity index is 590. The second kappa shape index (κ2) is 6.54. The van der Waals surface area contributed by atoms with Crippen LogP contribution in [-0.4, -0.2) is 15.7 Å². The third-order valence-electron chi connectivity index (χ3n) is 2.95. The number of nitrogens with two attached hydrogens (primary N) is 1. The minimum absolute atomic E-state index is 0. The molecule has 2 rings (SSSR count). The minimum Gasteiger partial charge on any atom is -0.324 e. The summed E-state index contributed by atoms with van der Waals surface area (Å²) in [7, 11) is 1.79. The van der Waals surface area contributed by atoms with E-state index in [4.69, 9.17) is 5.73 Å². The van der Waals surface area contributed by atoms with Crippen LogP contribution in [0.4, 0.5) is 5.69 Å². The molecule has 0 aliphatic heterocycles. The van der Waals surface area contributed by atoms with Crippen LogP contribution in [0.3, 0.4) is 0 Å². The molecule has 1 heterocycles. The summed E-state index contributed by atoms with van der Waals surface area (Å²) in [4.78, 5) is 12.1. The molecule has 6 heteroatoms. The number of aryl methyl sites for hydroxylation is 2. The van der Waals surface area contributed by atoms with Gasteiger partial charge in [0, 0.05) is 25.0 Å². The summed E-state index contributed by atoms with van der Waals surface area (Å²) < 4.78 is 1.63. The fourth-order valence-electron chi connectivity index (χ4n) is 1.89. The Morgan fingerprint density at radius 1 is 1.35 bits per heavy atom. The number of hydrogen-bond donors (Lipinski definition) is 2. The largest absolute Gasteiger partial charge is 0.324 e. The van der Waals surface area contributed by atoms with Crippen molar-refractivity contribution < 1.29 is 4.79 Å². The van der Waals surface area contributed by atoms with Gasteiger partial charge in [-0.1, -0.05) is 12.1 Å². The number of hydrogen-bond acceptors (Lipinski definition) is 3. The highest BCUT2D eigenvalue weighted by Gasteiger charge is 2.12. The molecule has 108 valence electrons. The van der Waals surface area contributed by atoms with Gasteiger partial charge in [0.25, 0.3) is 5.91 Å². The Hall–Kier alpha value is -1.85. The van der Waals surface area contributed by atoms with E-state index in [0.717, 1.165) is 11.3 Å². The van der Waals surface area contributed by atoms with Gasteiger partial charge in [-0.25, -0.2) is 0 Å². The van der Waals surface area contributed by atoms with Gasteiger partial charge in [-0.2, -0.15) is 5.10 Å². The van der Waals surface area contributed by atoms with Gasteiger partial charge in [-0.3, -0.25) is 9.48 Å². The first kappa shape index (κ1) is 16.2. The Labute approximate surface area is 124 Å². The zero-order valence-corrected chi connectivity index (χ0v) is 12.6. The molecular formula is C14H19ClN4O. The van der Waals surface area contributed by atoms with Crippen molar-refractivity contribution in [1.29, 1.82) is 0 Å². The molecule has 1 amide bonds. The molecule has 0 radical (unpaired) electrons. The minimum atomic E-state index is -0.154. The maximum atomic E-state index is 12.1. The Morgan fingerprint density at radius 3 is 2.40 bits per heavy atom. The van der Waals surface area contributed by atoms with Gasteiger partial charge < -0.3 is 11.1 Å². The quantitative estimate of drug-likeness (QED) is 0.913. The van der Waals surface area contributed by atoms with Crippen molar-refractivity contribution in [2.75, 3.05) is 5.32 Å². The molecule has 0 saturated heterocycles. The van der Waals surface area contributed by atoms with E-state index in [2.05, 4.69) is 10.4 Å². The van der Waals surface area contributed by atoms with Crippen molar-refractivity contribution in [3.63, 3.8) is 0 Å². The van der Waals surface area contributed by atoms with Crippen molar-refractivity contribution in [3.05, 3.63) is 47.3 Å². The van der Waals surface area contributed by atoms with E-state index in [9.17, 15) is 4.79 Å². The molecule has 1 unspecified atom stereocenters. The summed E-state index contributed by atoms with van der Waals surface area (Å²) in [5, 5.41) is 7.00. The molecule has 5 nitrogen and oxygen atoms in total. The first-order valence-corrected chi connectivity index (χ1v) is 6.14. The second-order valence-electron chi connectivity index (χ2n) is 4.67. The lowest BCUT2D eigenvalue weighted by Gasteiger charge is -2.08. The van der Waals surface area contributed by atoms with Gasteiger partial charge >= 0.3 is 0 Å². The van der Waals surface area contributed by atoms with Crippen LogP contribution in [0.25, 0.3) is 0 Å². The lowest BCUT2D eigenvalue weighted by molar-refractivity contribution is 0.102. The fraction of sp³-hybridized carbons (Fsp3) is 0.286. The molecule has 20 heavy (non-hydrogen) atoms. The third kappa shape index (κ3) is 3.59. The summed E-state index contributed by atoms with van der Waals surface area (Å²) >= 11 is 0. The molecule has 0 aliphatic carbocycles. The van der Waals surface area contributed by atoms with Gasteiger partial charge in [0.05, 0.1) is 11.3 Å². The van der Waals surface area contributed by atoms with Crippen molar-refractivity contribution >= 4 is 24.0 Å². The Morgan fingerprint density at radius 2 is 1.95 bits per heavy atom. The van der Waals surface area contributed by atoms with E-state index >= 15 is 0 Å². The average molecular weight is 295 g/mol. The van der Waals surface area contributed by atoms with Crippen LogP contribution in [0.15, 0.2) is 30.5 Å². The van der Waals surface area contributed by atoms with E-state index in [1.54, 1.807) is 17.9 Å². The average Bonchev–Trinajstić information content (AvgIpc) is 2.69. The van der Waals surface area contributed by atoms with Crippen LogP contribution in [0.5, 0.6) is 0 Å². The molecule has 3 N–H and O–H groups in total. The molecular weight excluding hydrogens is 276 g/mol. The lowest BCUT2D eigenvalue weighted by atomic mass is 10.1. The van der Waals surface area contributed by atoms with Crippen molar-refractivity contribution in [1.82, 2.24) is 9.78 Å². The highest BCUT2D eigenvalue weighted by atomic mass is 35.5. The predicted octanol–water partition coefficient (Wildman–Crippen LogP) is 2.42. The maximum Gasteiger partial charge on any atom is 0.259 e. The number of halogens is 1. The number of carbonyl (C=O) groups is 1. The van der Waals surface area contributed by atoms with Gasteiger partial charge in [-0.15, -0.1) is 12.4 Å². The van der Waals surface area contributed by atoms with Gasteiger partial charge in [0.15, 0.2) is 0 Å². The van der Waals surface area contributed by atoms with Crippen LogP contribution in [0.2, 0.25) is 0 Å². The first-order chi connectivity index (χ1) is 8.97. The highest BCUT2D eigenvalue weighted by Crippen LogP contribution is 2.15. The monoisotopic (exact) mass is 294 g/mol. The molecule has 0 bridgehead atoms. The van der Waals surface area contributed by atoms with Crippen molar-refractivity contribution in [2.45, 2.75) is 19.9 Å². The fourth-order valence-corrected chi connectivity index (χ4v) is 1.89. The number of aromatic nitrogens is 2. The topological polar surface area (TPSA) is 72.9 Å². The second-order valence-corrected chi connectivity index (χ2v) is 4.67. The zero-order chi connectivity index (χ0) is 14.0. The molecule has 1 atom stereocenters. The number of rotatable bonds is 3. The van der Waals surface area contributed by atoms with Crippen LogP contribution in [0.1, 0.15) is 34.6 Å². The van der Waals surface area contributed by atoms with E-state index in [1.807, 2.05) is 38.1 Å². The normalized spacial score (nSPS) is 11.6. The molecule has 0 spiro atoms. The lowest BCUT2D eigenvalue weighted by Crippen LogP contribution is -2.12. The first-order valence-electron chi connectivity index (χ1n) is 6.14. The summed E-state index contributed by atoms with van der Waals surface area (Å²) in [6.45, 7) is 3.74. The summed E-state index contributed by atoms with van der Waals surface area (Å²) in [6.07, 6.45) is 1.71. The van der Waals surface area contributed by atoms with E-state index in [0.29, 0.717) is 11.3 Å². The maximum absolute atomic E-state index is 12.1. The summed E-state index contributed by atoms with van der Waals surface area (Å²) in [5.74, 6) is -0.154. The van der Waals surface area contributed by atoms with Gasteiger partial charge in [-0.05, 0) is 31.5 Å². The van der Waals surface area contributed by atoms with Crippen LogP contribution in [0, 0.1) is 6.92 Å². The molecule has 1 aromatic carbocycles. The van der Waals surface area contributed by atoms with Gasteiger partial charge in [0.1, 0.15) is 0 Å². The summed E-state index contributed by atoms with van der Waals surface area (Å²) in [5.41, 5.74) is 8.86. The number of anilines is 1. The number of nitrogens with zero attached hydrogens (tertiary/aromatic N) is 2. The molecule has 0 saturated carbocycles. The number of carbonyl (C=O) groups excluding carboxylic acids is 1. The SMILES string of the molecule is Cc1nn(C)cc1C(=O)Nc1ccc(C(C)N)cc1.Cl. The van der Waals surface area contributed by atoms with E-state index in [1.165, 1.54) is 0 Å². The van der Waals surface area contributed by atoms with E-state index in [-0.39, 0.29) is 24.4 Å². The number of benzene rings is 1. The zero-order valence-electron chi connectivity index (χ0n) is 11.8. The van der Waals surface area contributed by atoms with Crippen molar-refractivity contribution in [3.8, 4) is 0 Å². The third-order valence-corrected chi connectivity index (χ3v) is 2.95. The predicted molar refractivity (Wildman–Crippen MR) is 82.2 cm³/mol. The standard InChI is InChI=1S/C14H18N4O.ClH/c1-9(15)11-4-6-12(7-5-11)16-14(19)13-8-18(3)17-10(13)2;/h4-9H,15H2,1-3H3,(H,16,19);1H. The highest BCUT2D eigenvalue weighted by molar-refractivity contribution is 6.04. The van der Waals surface area contributed by atoms with Crippen LogP contribution < -0.4 is 11.1 Å². The molecule has 0 fully saturated rings. The number of amides is 1. The van der Waals surface area contributed by atoms with Crippen LogP contribution in [-0.2, 0) is 7.05 Å². The Balaban J connectivity index is 0.00000200. The van der Waals surface area contributed by atoms with Gasteiger partial charge in [0.2, 0.25) is 0 Å². The molecule has 1 aromatic heterocycles. The van der Waals surface area contributed by atoms with Crippen molar-refractivity contribution in [2.24, 2.45) is 12.8 Å². The molecule has 0 aliphatic rings. The Kier molecular flexibility index (Phi) is 5.30. The van der Waals surface area contributed by atoms with Crippen LogP contribution >= 0.6 is 12.4 Å².